The number of nitrogens with zero attached hydrogens (tertiary/aromatic N) is 3. The molecule has 0 fully saturated rings. The second-order valence-electron chi connectivity index (χ2n) is 4.70. The molecule has 17 heavy (non-hydrogen) atoms. The van der Waals surface area contributed by atoms with E-state index in [0.717, 1.165) is 11.1 Å². The summed E-state index contributed by atoms with van der Waals surface area (Å²) in [6, 6.07) is 3.50. The summed E-state index contributed by atoms with van der Waals surface area (Å²) in [5.41, 5.74) is 2.19. The topological polar surface area (TPSA) is 31.1 Å². The molecule has 0 spiro atoms. The van der Waals surface area contributed by atoms with Crippen molar-refractivity contribution in [2.45, 2.75) is 13.1 Å². The summed E-state index contributed by atoms with van der Waals surface area (Å²) in [7, 11) is 7.76. The van der Waals surface area contributed by atoms with E-state index in [1.165, 1.54) is 0 Å². The van der Waals surface area contributed by atoms with Gasteiger partial charge in [-0.25, -0.2) is 4.85 Å². The van der Waals surface area contributed by atoms with Crippen LogP contribution in [-0.4, -0.2) is 43.1 Å². The Kier molecular flexibility index (Phi) is 4.50. The van der Waals surface area contributed by atoms with Gasteiger partial charge in [-0.2, -0.15) is 0 Å². The van der Waals surface area contributed by atoms with E-state index in [2.05, 4.69) is 4.85 Å². The maximum atomic E-state index is 10.2. The highest BCUT2D eigenvalue weighted by molar-refractivity contribution is 5.56. The molecular formula is C13H19N3O. The fourth-order valence-corrected chi connectivity index (χ4v) is 1.73. The van der Waals surface area contributed by atoms with E-state index in [9.17, 15) is 5.11 Å². The molecule has 4 nitrogen and oxygen atoms in total. The molecule has 0 amide bonds. The highest BCUT2D eigenvalue weighted by atomic mass is 16.3. The third-order valence-corrected chi connectivity index (χ3v) is 2.35. The lowest BCUT2D eigenvalue weighted by molar-refractivity contribution is 0.368. The first kappa shape index (κ1) is 13.5. The molecule has 0 radical (unpaired) electrons. The van der Waals surface area contributed by atoms with Crippen LogP contribution < -0.4 is 0 Å². The van der Waals surface area contributed by atoms with E-state index in [1.54, 1.807) is 12.1 Å². The molecule has 0 bridgehead atoms. The summed E-state index contributed by atoms with van der Waals surface area (Å²) in [6.45, 7) is 8.36. The summed E-state index contributed by atoms with van der Waals surface area (Å²) in [4.78, 5) is 7.40. The average Bonchev–Trinajstić information content (AvgIpc) is 2.22. The lowest BCUT2D eigenvalue weighted by atomic mass is 10.1. The van der Waals surface area contributed by atoms with E-state index >= 15 is 0 Å². The summed E-state index contributed by atoms with van der Waals surface area (Å²) in [6.07, 6.45) is 0. The van der Waals surface area contributed by atoms with Crippen LogP contribution in [0.2, 0.25) is 0 Å². The maximum Gasteiger partial charge on any atom is 0.188 e. The van der Waals surface area contributed by atoms with Crippen LogP contribution in [0, 0.1) is 6.57 Å². The molecule has 0 saturated carbocycles. The van der Waals surface area contributed by atoms with Crippen molar-refractivity contribution in [3.8, 4) is 5.75 Å². The van der Waals surface area contributed by atoms with Crippen molar-refractivity contribution in [2.24, 2.45) is 0 Å². The van der Waals surface area contributed by atoms with Gasteiger partial charge in [0.1, 0.15) is 5.75 Å². The predicted octanol–water partition coefficient (Wildman–Crippen LogP) is 2.07. The Morgan fingerprint density at radius 1 is 1.06 bits per heavy atom. The van der Waals surface area contributed by atoms with Crippen LogP contribution in [-0.2, 0) is 13.1 Å². The Labute approximate surface area is 103 Å². The molecule has 0 atom stereocenters. The first-order valence-electron chi connectivity index (χ1n) is 5.45. The minimum Gasteiger partial charge on any atom is -0.507 e. The van der Waals surface area contributed by atoms with E-state index < -0.39 is 0 Å². The fourth-order valence-electron chi connectivity index (χ4n) is 1.73. The summed E-state index contributed by atoms with van der Waals surface area (Å²) >= 11 is 0. The third-order valence-electron chi connectivity index (χ3n) is 2.35. The number of aromatic hydroxyl groups is 1. The molecule has 0 aromatic heterocycles. The van der Waals surface area contributed by atoms with Crippen molar-refractivity contribution in [1.82, 2.24) is 9.80 Å². The van der Waals surface area contributed by atoms with Crippen molar-refractivity contribution >= 4 is 5.69 Å². The van der Waals surface area contributed by atoms with Crippen LogP contribution in [0.15, 0.2) is 12.1 Å². The van der Waals surface area contributed by atoms with Gasteiger partial charge in [0, 0.05) is 13.1 Å². The fraction of sp³-hybridized carbons (Fsp3) is 0.462. The summed E-state index contributed by atoms with van der Waals surface area (Å²) < 4.78 is 0. The molecule has 4 heteroatoms. The van der Waals surface area contributed by atoms with E-state index in [4.69, 9.17) is 6.57 Å². The number of benzene rings is 1. The Bertz CT molecular complexity index is 402. The maximum absolute atomic E-state index is 10.2. The highest BCUT2D eigenvalue weighted by Crippen LogP contribution is 2.30. The molecule has 1 N–H and O–H groups in total. The van der Waals surface area contributed by atoms with E-state index in [0.29, 0.717) is 24.5 Å². The zero-order valence-corrected chi connectivity index (χ0v) is 10.9. The minimum absolute atomic E-state index is 0.305. The van der Waals surface area contributed by atoms with Gasteiger partial charge in [0.05, 0.1) is 6.57 Å². The molecule has 0 unspecified atom stereocenters. The lowest BCUT2D eigenvalue weighted by Gasteiger charge is -2.17. The van der Waals surface area contributed by atoms with Gasteiger partial charge >= 0.3 is 0 Å². The Morgan fingerprint density at radius 2 is 1.47 bits per heavy atom. The monoisotopic (exact) mass is 233 g/mol. The first-order chi connectivity index (χ1) is 7.93. The SMILES string of the molecule is [C-]#[N+]c1cc(CN(C)C)c(O)c(CN(C)C)c1. The molecule has 1 aromatic rings. The molecular weight excluding hydrogens is 214 g/mol. The number of phenolic OH excluding ortho intramolecular Hbond substituents is 1. The van der Waals surface area contributed by atoms with Gasteiger partial charge in [-0.1, -0.05) is 0 Å². The third kappa shape index (κ3) is 3.74. The zero-order chi connectivity index (χ0) is 13.0. The van der Waals surface area contributed by atoms with E-state index in [1.807, 2.05) is 38.0 Å². The van der Waals surface area contributed by atoms with Crippen molar-refractivity contribution in [1.29, 1.82) is 0 Å². The average molecular weight is 233 g/mol. The van der Waals surface area contributed by atoms with Crippen LogP contribution in [0.4, 0.5) is 5.69 Å². The molecule has 0 aliphatic rings. The quantitative estimate of drug-likeness (QED) is 0.808. The van der Waals surface area contributed by atoms with Gasteiger partial charge in [-0.15, -0.1) is 0 Å². The summed E-state index contributed by atoms with van der Waals surface area (Å²) in [5.74, 6) is 0.305. The van der Waals surface area contributed by atoms with Crippen LogP contribution in [0.1, 0.15) is 11.1 Å². The van der Waals surface area contributed by atoms with Gasteiger partial charge in [0.25, 0.3) is 0 Å². The molecule has 1 aromatic carbocycles. The smallest absolute Gasteiger partial charge is 0.188 e. The number of hydrogen-bond acceptors (Lipinski definition) is 3. The zero-order valence-electron chi connectivity index (χ0n) is 10.9. The highest BCUT2D eigenvalue weighted by Gasteiger charge is 2.11. The van der Waals surface area contributed by atoms with Gasteiger partial charge in [-0.3, -0.25) is 0 Å². The van der Waals surface area contributed by atoms with Crippen molar-refractivity contribution in [3.05, 3.63) is 34.7 Å². The largest absolute Gasteiger partial charge is 0.507 e. The Balaban J connectivity index is 3.17. The van der Waals surface area contributed by atoms with Gasteiger partial charge in [0.2, 0.25) is 0 Å². The number of hydrogen-bond donors (Lipinski definition) is 1. The second-order valence-corrected chi connectivity index (χ2v) is 4.70. The Hall–Kier alpha value is -1.57. The predicted molar refractivity (Wildman–Crippen MR) is 69.2 cm³/mol. The second kappa shape index (κ2) is 5.67. The van der Waals surface area contributed by atoms with Crippen LogP contribution in [0.3, 0.4) is 0 Å². The number of phenols is 1. The lowest BCUT2D eigenvalue weighted by Crippen LogP contribution is -2.13. The van der Waals surface area contributed by atoms with Crippen LogP contribution in [0.5, 0.6) is 5.75 Å². The van der Waals surface area contributed by atoms with E-state index in [-0.39, 0.29) is 0 Å². The minimum atomic E-state index is 0.305. The molecule has 1 rings (SSSR count). The van der Waals surface area contributed by atoms with Crippen molar-refractivity contribution in [2.75, 3.05) is 28.2 Å². The molecule has 92 valence electrons. The number of rotatable bonds is 4. The Morgan fingerprint density at radius 3 is 1.76 bits per heavy atom. The molecule has 0 heterocycles. The molecule has 0 aliphatic carbocycles. The van der Waals surface area contributed by atoms with Crippen molar-refractivity contribution < 1.29 is 5.11 Å². The standard InChI is InChI=1S/C13H19N3O/c1-14-12-6-10(8-15(2)3)13(17)11(7-12)9-16(4)5/h6-7,17H,8-9H2,2-5H3. The van der Waals surface area contributed by atoms with Crippen LogP contribution >= 0.6 is 0 Å². The van der Waals surface area contributed by atoms with Crippen LogP contribution in [0.25, 0.3) is 4.85 Å². The van der Waals surface area contributed by atoms with Gasteiger partial charge < -0.3 is 14.9 Å². The van der Waals surface area contributed by atoms with Crippen molar-refractivity contribution in [3.63, 3.8) is 0 Å². The first-order valence-corrected chi connectivity index (χ1v) is 5.45. The molecule has 0 aliphatic heterocycles. The molecule has 0 saturated heterocycles. The summed E-state index contributed by atoms with van der Waals surface area (Å²) in [5, 5.41) is 10.2. The van der Waals surface area contributed by atoms with Gasteiger partial charge in [0.15, 0.2) is 5.69 Å². The van der Waals surface area contributed by atoms with Gasteiger partial charge in [-0.05, 0) is 51.5 Å². The normalized spacial score (nSPS) is 10.9.